The van der Waals surface area contributed by atoms with E-state index in [4.69, 9.17) is 15.5 Å². The van der Waals surface area contributed by atoms with Crippen LogP contribution >= 0.6 is 0 Å². The number of ether oxygens (including phenoxy) is 1. The zero-order chi connectivity index (χ0) is 25.8. The third kappa shape index (κ3) is 5.44. The van der Waals surface area contributed by atoms with Gasteiger partial charge in [-0.2, -0.15) is 0 Å². The number of nitrogens with one attached hydrogen (secondary N) is 1. The van der Waals surface area contributed by atoms with Crippen molar-refractivity contribution in [1.82, 2.24) is 15.2 Å². The van der Waals surface area contributed by atoms with Crippen molar-refractivity contribution in [2.75, 3.05) is 26.3 Å². The summed E-state index contributed by atoms with van der Waals surface area (Å²) >= 11 is 0. The second-order valence-corrected chi connectivity index (χ2v) is 10.3. The number of allylic oxidation sites excluding steroid dienone is 3. The highest BCUT2D eigenvalue weighted by Gasteiger charge is 2.46. The Balaban J connectivity index is 1.39. The number of nitrogens with two attached hydrogens (primary N) is 1. The largest absolute Gasteiger partial charge is 0.404 e. The molecule has 1 aliphatic heterocycles. The minimum atomic E-state index is -0.282. The van der Waals surface area contributed by atoms with E-state index in [1.165, 1.54) is 17.7 Å². The first-order valence-electron chi connectivity index (χ1n) is 13.0. The summed E-state index contributed by atoms with van der Waals surface area (Å²) < 4.78 is 18.8. The number of aliphatic imine (C=N–C) groups is 1. The van der Waals surface area contributed by atoms with E-state index in [0.717, 1.165) is 42.7 Å². The maximum absolute atomic E-state index is 13.4. The number of amides is 2. The smallest absolute Gasteiger partial charge is 0.318 e. The summed E-state index contributed by atoms with van der Waals surface area (Å²) in [6.45, 7) is 4.61. The molecular formula is C29H34FN5O2. The predicted octanol–water partition coefficient (Wildman–Crippen LogP) is 5.06. The van der Waals surface area contributed by atoms with Crippen LogP contribution < -0.4 is 11.1 Å². The van der Waals surface area contributed by atoms with Crippen molar-refractivity contribution >= 4 is 17.4 Å². The zero-order valence-electron chi connectivity index (χ0n) is 21.2. The fourth-order valence-corrected chi connectivity index (χ4v) is 5.84. The van der Waals surface area contributed by atoms with E-state index in [0.29, 0.717) is 37.9 Å². The van der Waals surface area contributed by atoms with Crippen molar-refractivity contribution in [2.45, 2.75) is 38.6 Å². The second-order valence-electron chi connectivity index (χ2n) is 10.3. The van der Waals surface area contributed by atoms with E-state index in [1.54, 1.807) is 24.5 Å². The first-order chi connectivity index (χ1) is 18.0. The average molecular weight is 504 g/mol. The van der Waals surface area contributed by atoms with Crippen LogP contribution in [0.4, 0.5) is 14.9 Å². The fourth-order valence-electron chi connectivity index (χ4n) is 5.84. The molecule has 1 unspecified atom stereocenters. The van der Waals surface area contributed by atoms with Gasteiger partial charge in [-0.25, -0.2) is 14.2 Å². The van der Waals surface area contributed by atoms with Gasteiger partial charge in [0.1, 0.15) is 5.82 Å². The molecule has 1 saturated carbocycles. The van der Waals surface area contributed by atoms with E-state index in [9.17, 15) is 9.18 Å². The van der Waals surface area contributed by atoms with Crippen LogP contribution in [0.2, 0.25) is 0 Å². The van der Waals surface area contributed by atoms with Gasteiger partial charge in [0.2, 0.25) is 0 Å². The predicted molar refractivity (Wildman–Crippen MR) is 142 cm³/mol. The van der Waals surface area contributed by atoms with Gasteiger partial charge in [0.15, 0.2) is 0 Å². The standard InChI is InChI=1S/C29H34FN5O2/c1-29-18-20(19-31)26(33-24-9-7-23(30)8-10-24)16-21(29)5-6-22(29)17-27(25-4-2-3-11-32-25)34-28(36)35-12-14-37-15-13-35/h2-4,7-11,16,19,22,27H,5-6,12-15,17-18,31H2,1H3,(H,34,36)/t22-,27?,29+/m1/s1. The Morgan fingerprint density at radius 1 is 1.30 bits per heavy atom. The molecule has 2 amide bonds. The molecule has 1 aromatic carbocycles. The van der Waals surface area contributed by atoms with Crippen LogP contribution in [0.1, 0.15) is 44.3 Å². The molecule has 2 aromatic rings. The molecule has 0 spiro atoms. The van der Waals surface area contributed by atoms with Crippen LogP contribution in [-0.2, 0) is 4.74 Å². The molecule has 8 heteroatoms. The van der Waals surface area contributed by atoms with Gasteiger partial charge in [-0.05, 0) is 91.3 Å². The van der Waals surface area contributed by atoms with E-state index in [-0.39, 0.29) is 23.3 Å². The van der Waals surface area contributed by atoms with Crippen LogP contribution in [0.3, 0.4) is 0 Å². The third-order valence-corrected chi connectivity index (χ3v) is 8.03. The van der Waals surface area contributed by atoms with Crippen LogP contribution in [0.15, 0.2) is 77.1 Å². The van der Waals surface area contributed by atoms with Gasteiger partial charge in [-0.3, -0.25) is 4.98 Å². The monoisotopic (exact) mass is 503 g/mol. The summed E-state index contributed by atoms with van der Waals surface area (Å²) in [6.07, 6.45) is 9.11. The molecule has 5 rings (SSSR count). The molecule has 3 aliphatic rings. The number of carbonyl (C=O) groups is 1. The molecule has 7 nitrogen and oxygen atoms in total. The number of morpholine rings is 1. The highest BCUT2D eigenvalue weighted by atomic mass is 19.1. The molecule has 2 aliphatic carbocycles. The lowest BCUT2D eigenvalue weighted by Crippen LogP contribution is -2.47. The number of aromatic nitrogens is 1. The number of benzene rings is 1. The van der Waals surface area contributed by atoms with Crippen LogP contribution in [-0.4, -0.2) is 47.9 Å². The number of hydrogen-bond acceptors (Lipinski definition) is 5. The number of fused-ring (bicyclic) bond motifs is 1. The summed E-state index contributed by atoms with van der Waals surface area (Å²) in [4.78, 5) is 24.3. The lowest BCUT2D eigenvalue weighted by atomic mass is 9.67. The van der Waals surface area contributed by atoms with Crippen molar-refractivity contribution in [3.05, 3.63) is 83.6 Å². The summed E-state index contributed by atoms with van der Waals surface area (Å²) in [7, 11) is 0. The van der Waals surface area contributed by atoms with Gasteiger partial charge in [-0.1, -0.05) is 18.6 Å². The molecule has 1 saturated heterocycles. The maximum atomic E-state index is 13.4. The SMILES string of the molecule is C[C@]12CC(=CN)C(=Nc3ccc(F)cc3)C=C1CC[C@@H]2CC(NC(=O)N1CCOCC1)c1ccccn1. The molecule has 37 heavy (non-hydrogen) atoms. The first-order valence-corrected chi connectivity index (χ1v) is 13.0. The van der Waals surface area contributed by atoms with E-state index < -0.39 is 0 Å². The Bertz CT molecular complexity index is 1200. The number of hydrogen-bond donors (Lipinski definition) is 2. The van der Waals surface area contributed by atoms with Gasteiger partial charge >= 0.3 is 6.03 Å². The second kappa shape index (κ2) is 10.8. The highest BCUT2D eigenvalue weighted by Crippen LogP contribution is 2.56. The maximum Gasteiger partial charge on any atom is 0.318 e. The molecule has 194 valence electrons. The molecule has 2 fully saturated rings. The summed E-state index contributed by atoms with van der Waals surface area (Å²) in [5, 5.41) is 3.27. The topological polar surface area (TPSA) is 92.8 Å². The summed E-state index contributed by atoms with van der Waals surface area (Å²) in [6, 6.07) is 11.8. The zero-order valence-corrected chi connectivity index (χ0v) is 21.2. The van der Waals surface area contributed by atoms with Crippen molar-refractivity contribution < 1.29 is 13.9 Å². The number of pyridine rings is 1. The first kappa shape index (κ1) is 25.1. The van der Waals surface area contributed by atoms with Crippen LogP contribution in [0.5, 0.6) is 0 Å². The quantitative estimate of drug-likeness (QED) is 0.597. The Morgan fingerprint density at radius 3 is 2.78 bits per heavy atom. The molecule has 2 heterocycles. The van der Waals surface area contributed by atoms with Gasteiger partial charge in [0, 0.05) is 19.3 Å². The Kier molecular flexibility index (Phi) is 7.37. The Labute approximate surface area is 217 Å². The molecule has 0 radical (unpaired) electrons. The summed E-state index contributed by atoms with van der Waals surface area (Å²) in [5.41, 5.74) is 10.7. The normalized spacial score (nSPS) is 26.6. The van der Waals surface area contributed by atoms with Crippen molar-refractivity contribution in [3.63, 3.8) is 0 Å². The average Bonchev–Trinajstić information content (AvgIpc) is 3.24. The molecule has 3 atom stereocenters. The number of nitrogens with zero attached hydrogens (tertiary/aromatic N) is 3. The van der Waals surface area contributed by atoms with Crippen molar-refractivity contribution in [3.8, 4) is 0 Å². The van der Waals surface area contributed by atoms with Gasteiger partial charge in [-0.15, -0.1) is 0 Å². The van der Waals surface area contributed by atoms with Crippen LogP contribution in [0.25, 0.3) is 0 Å². The van der Waals surface area contributed by atoms with E-state index in [2.05, 4.69) is 23.3 Å². The molecule has 0 bridgehead atoms. The lowest BCUT2D eigenvalue weighted by molar-refractivity contribution is 0.0520. The minimum Gasteiger partial charge on any atom is -0.404 e. The van der Waals surface area contributed by atoms with Gasteiger partial charge < -0.3 is 20.7 Å². The minimum absolute atomic E-state index is 0.0715. The number of halogens is 1. The Hall–Kier alpha value is -3.52. The number of rotatable bonds is 5. The summed E-state index contributed by atoms with van der Waals surface area (Å²) in [5.74, 6) is 0.0491. The number of urea groups is 1. The van der Waals surface area contributed by atoms with E-state index >= 15 is 0 Å². The van der Waals surface area contributed by atoms with Gasteiger partial charge in [0.05, 0.1) is 36.3 Å². The van der Waals surface area contributed by atoms with Crippen LogP contribution in [0, 0.1) is 17.2 Å². The fraction of sp³-hybridized carbons (Fsp3) is 0.414. The van der Waals surface area contributed by atoms with E-state index in [1.807, 2.05) is 23.1 Å². The van der Waals surface area contributed by atoms with Crippen molar-refractivity contribution in [1.29, 1.82) is 0 Å². The molecular weight excluding hydrogens is 469 g/mol. The lowest BCUT2D eigenvalue weighted by Gasteiger charge is -2.39. The highest BCUT2D eigenvalue weighted by molar-refractivity contribution is 6.11. The Morgan fingerprint density at radius 2 is 2.08 bits per heavy atom. The number of carbonyl (C=O) groups excluding carboxylic acids is 1. The van der Waals surface area contributed by atoms with Crippen molar-refractivity contribution in [2.24, 2.45) is 22.1 Å². The van der Waals surface area contributed by atoms with Gasteiger partial charge in [0.25, 0.3) is 0 Å². The third-order valence-electron chi connectivity index (χ3n) is 8.03. The molecule has 1 aromatic heterocycles. The molecule has 3 N–H and O–H groups in total.